The van der Waals surface area contributed by atoms with Crippen molar-refractivity contribution in [2.45, 2.75) is 52.6 Å². The van der Waals surface area contributed by atoms with E-state index in [2.05, 4.69) is 5.16 Å². The Morgan fingerprint density at radius 3 is 2.17 bits per heavy atom. The number of rotatable bonds is 2. The number of hydrogen-bond donors (Lipinski definition) is 0. The highest BCUT2D eigenvalue weighted by atomic mass is 16.6. The minimum absolute atomic E-state index is 0.193. The first kappa shape index (κ1) is 17.1. The second-order valence-electron chi connectivity index (χ2n) is 7.45. The maximum atomic E-state index is 12.6. The number of hydrogen-bond acceptors (Lipinski definition) is 4. The van der Waals surface area contributed by atoms with Crippen LogP contribution in [0.4, 0.5) is 16.3 Å². The van der Waals surface area contributed by atoms with E-state index in [4.69, 9.17) is 9.26 Å². The lowest BCUT2D eigenvalue weighted by Gasteiger charge is -2.25. The van der Waals surface area contributed by atoms with Crippen molar-refractivity contribution in [3.8, 4) is 0 Å². The number of carbonyl (C=O) groups is 1. The molecule has 0 atom stereocenters. The first-order valence-electron chi connectivity index (χ1n) is 7.63. The molecule has 0 fully saturated rings. The minimum Gasteiger partial charge on any atom is -0.443 e. The monoisotopic (exact) mass is 316 g/mol. The van der Waals surface area contributed by atoms with Crippen molar-refractivity contribution in [3.05, 3.63) is 42.2 Å². The van der Waals surface area contributed by atoms with Crippen LogP contribution in [0.1, 0.15) is 47.3 Å². The number of nitrogens with zero attached hydrogens (tertiary/aromatic N) is 2. The van der Waals surface area contributed by atoms with E-state index >= 15 is 0 Å². The van der Waals surface area contributed by atoms with Crippen molar-refractivity contribution in [2.75, 3.05) is 4.90 Å². The Morgan fingerprint density at radius 2 is 1.70 bits per heavy atom. The van der Waals surface area contributed by atoms with Gasteiger partial charge in [-0.25, -0.2) is 9.69 Å². The Balaban J connectivity index is 2.42. The molecule has 124 valence electrons. The van der Waals surface area contributed by atoms with Crippen molar-refractivity contribution in [1.29, 1.82) is 0 Å². The maximum Gasteiger partial charge on any atom is 0.420 e. The molecule has 0 bridgehead atoms. The highest BCUT2D eigenvalue weighted by molar-refractivity contribution is 5.95. The van der Waals surface area contributed by atoms with Crippen LogP contribution in [-0.4, -0.2) is 16.9 Å². The Bertz CT molecular complexity index is 664. The fourth-order valence-corrected chi connectivity index (χ4v) is 1.94. The lowest BCUT2D eigenvalue weighted by Crippen LogP contribution is -2.34. The van der Waals surface area contributed by atoms with E-state index < -0.39 is 11.7 Å². The predicted octanol–water partition coefficient (Wildman–Crippen LogP) is 5.05. The fraction of sp³-hybridized carbons (Fsp3) is 0.444. The summed E-state index contributed by atoms with van der Waals surface area (Å²) in [5, 5.41) is 4.06. The van der Waals surface area contributed by atoms with Gasteiger partial charge in [0.2, 0.25) is 0 Å². The van der Waals surface area contributed by atoms with Crippen molar-refractivity contribution >= 4 is 17.6 Å². The largest absolute Gasteiger partial charge is 0.443 e. The summed E-state index contributed by atoms with van der Waals surface area (Å²) in [7, 11) is 0. The Labute approximate surface area is 137 Å². The average molecular weight is 316 g/mol. The zero-order valence-electron chi connectivity index (χ0n) is 14.6. The van der Waals surface area contributed by atoms with Crippen molar-refractivity contribution in [1.82, 2.24) is 5.16 Å². The lowest BCUT2D eigenvalue weighted by molar-refractivity contribution is 0.0597. The van der Waals surface area contributed by atoms with Crippen LogP contribution in [0.2, 0.25) is 0 Å². The van der Waals surface area contributed by atoms with Gasteiger partial charge in [-0.2, -0.15) is 0 Å². The van der Waals surface area contributed by atoms with E-state index in [0.29, 0.717) is 17.3 Å². The zero-order valence-corrected chi connectivity index (χ0v) is 14.6. The SMILES string of the molecule is CC(C)(C)OC(=O)N(c1ccccc1)c1cc(C(C)(C)C)on1. The van der Waals surface area contributed by atoms with Gasteiger partial charge in [0.05, 0.1) is 5.69 Å². The van der Waals surface area contributed by atoms with Crippen molar-refractivity contribution in [2.24, 2.45) is 0 Å². The summed E-state index contributed by atoms with van der Waals surface area (Å²) in [6.45, 7) is 11.6. The van der Waals surface area contributed by atoms with Crippen LogP contribution < -0.4 is 4.90 Å². The van der Waals surface area contributed by atoms with E-state index in [1.54, 1.807) is 6.07 Å². The number of para-hydroxylation sites is 1. The van der Waals surface area contributed by atoms with Gasteiger partial charge < -0.3 is 9.26 Å². The van der Waals surface area contributed by atoms with Gasteiger partial charge >= 0.3 is 6.09 Å². The second-order valence-corrected chi connectivity index (χ2v) is 7.45. The summed E-state index contributed by atoms with van der Waals surface area (Å²) < 4.78 is 10.9. The van der Waals surface area contributed by atoms with Crippen LogP contribution in [-0.2, 0) is 10.2 Å². The first-order chi connectivity index (χ1) is 10.6. The second kappa shape index (κ2) is 6.07. The number of amides is 1. The molecule has 0 radical (unpaired) electrons. The molecule has 0 spiro atoms. The van der Waals surface area contributed by atoms with Crippen LogP contribution in [0.25, 0.3) is 0 Å². The molecule has 1 aromatic heterocycles. The van der Waals surface area contributed by atoms with Gasteiger partial charge in [0.1, 0.15) is 11.4 Å². The molecule has 23 heavy (non-hydrogen) atoms. The molecule has 0 aliphatic rings. The summed E-state index contributed by atoms with van der Waals surface area (Å²) in [5.41, 5.74) is -0.113. The molecule has 1 amide bonds. The zero-order chi connectivity index (χ0) is 17.3. The van der Waals surface area contributed by atoms with Gasteiger partial charge in [0, 0.05) is 11.5 Å². The van der Waals surface area contributed by atoms with Gasteiger partial charge in [-0.05, 0) is 32.9 Å². The molecule has 5 nitrogen and oxygen atoms in total. The number of benzene rings is 1. The quantitative estimate of drug-likeness (QED) is 0.778. The van der Waals surface area contributed by atoms with Crippen LogP contribution >= 0.6 is 0 Å². The third-order valence-electron chi connectivity index (χ3n) is 3.06. The Hall–Kier alpha value is -2.30. The van der Waals surface area contributed by atoms with E-state index in [-0.39, 0.29) is 5.41 Å². The molecule has 2 aromatic rings. The number of carbonyl (C=O) groups excluding carboxylic acids is 1. The van der Waals surface area contributed by atoms with E-state index in [0.717, 1.165) is 0 Å². The summed E-state index contributed by atoms with van der Waals surface area (Å²) in [6, 6.07) is 11.0. The summed E-state index contributed by atoms with van der Waals surface area (Å²) >= 11 is 0. The molecular formula is C18H24N2O3. The van der Waals surface area contributed by atoms with Crippen LogP contribution in [0.15, 0.2) is 40.9 Å². The first-order valence-corrected chi connectivity index (χ1v) is 7.63. The third kappa shape index (κ3) is 4.34. The number of ether oxygens (including phenoxy) is 1. The number of anilines is 2. The number of aromatic nitrogens is 1. The van der Waals surface area contributed by atoms with E-state index in [1.807, 2.05) is 71.9 Å². The highest BCUT2D eigenvalue weighted by Crippen LogP contribution is 2.31. The third-order valence-corrected chi connectivity index (χ3v) is 3.06. The van der Waals surface area contributed by atoms with E-state index in [9.17, 15) is 4.79 Å². The molecule has 0 saturated heterocycles. The molecule has 0 saturated carbocycles. The molecular weight excluding hydrogens is 292 g/mol. The molecule has 0 aliphatic carbocycles. The predicted molar refractivity (Wildman–Crippen MR) is 90.0 cm³/mol. The topological polar surface area (TPSA) is 55.6 Å². The molecule has 1 heterocycles. The van der Waals surface area contributed by atoms with Crippen molar-refractivity contribution < 1.29 is 14.1 Å². The molecule has 2 rings (SSSR count). The smallest absolute Gasteiger partial charge is 0.420 e. The normalized spacial score (nSPS) is 12.1. The molecule has 0 N–H and O–H groups in total. The van der Waals surface area contributed by atoms with Gasteiger partial charge in [-0.3, -0.25) is 0 Å². The van der Waals surface area contributed by atoms with Crippen molar-refractivity contribution in [3.63, 3.8) is 0 Å². The highest BCUT2D eigenvalue weighted by Gasteiger charge is 2.29. The van der Waals surface area contributed by atoms with Gasteiger partial charge in [-0.15, -0.1) is 0 Å². The van der Waals surface area contributed by atoms with E-state index in [1.165, 1.54) is 4.90 Å². The average Bonchev–Trinajstić information content (AvgIpc) is 2.87. The van der Waals surface area contributed by atoms with Gasteiger partial charge in [0.25, 0.3) is 0 Å². The minimum atomic E-state index is -0.597. The van der Waals surface area contributed by atoms with Gasteiger partial charge in [0.15, 0.2) is 5.82 Å². The molecule has 1 aromatic carbocycles. The lowest BCUT2D eigenvalue weighted by atomic mass is 9.93. The Kier molecular flexibility index (Phi) is 4.50. The summed E-state index contributed by atoms with van der Waals surface area (Å²) in [6.07, 6.45) is -0.488. The van der Waals surface area contributed by atoms with Crippen LogP contribution in [0.5, 0.6) is 0 Å². The molecule has 0 unspecified atom stereocenters. The summed E-state index contributed by atoms with van der Waals surface area (Å²) in [4.78, 5) is 14.1. The maximum absolute atomic E-state index is 12.6. The standard InChI is InChI=1S/C18H24N2O3/c1-17(2,3)14-12-15(19-23-14)20(13-10-8-7-9-11-13)16(21)22-18(4,5)6/h7-12H,1-6H3. The molecule has 0 aliphatic heterocycles. The van der Waals surface area contributed by atoms with Crippen LogP contribution in [0.3, 0.4) is 0 Å². The summed E-state index contributed by atoms with van der Waals surface area (Å²) in [5.74, 6) is 1.12. The Morgan fingerprint density at radius 1 is 1.09 bits per heavy atom. The van der Waals surface area contributed by atoms with Crippen LogP contribution in [0, 0.1) is 0 Å². The molecule has 5 heteroatoms. The fourth-order valence-electron chi connectivity index (χ4n) is 1.94. The van der Waals surface area contributed by atoms with Gasteiger partial charge in [-0.1, -0.05) is 44.1 Å².